The topological polar surface area (TPSA) is 216 Å². The van der Waals surface area contributed by atoms with E-state index in [1.165, 1.54) is 107 Å². The summed E-state index contributed by atoms with van der Waals surface area (Å²) in [6.07, 6.45) is 10.4. The van der Waals surface area contributed by atoms with Gasteiger partial charge in [-0.05, 0) is 36.1 Å². The average Bonchev–Trinajstić information content (AvgIpc) is 3.18. The van der Waals surface area contributed by atoms with Crippen LogP contribution in [0.25, 0.3) is 21.8 Å². The van der Waals surface area contributed by atoms with Crippen molar-refractivity contribution in [1.29, 1.82) is 0 Å². The Morgan fingerprint density at radius 2 is 0.707 bits per heavy atom. The van der Waals surface area contributed by atoms with Gasteiger partial charge in [-0.2, -0.15) is 9.13 Å². The van der Waals surface area contributed by atoms with Gasteiger partial charge in [-0.15, -0.1) is 20.5 Å². The number of fused-ring (bicyclic) bond motifs is 2. The molecule has 0 aliphatic rings. The molecule has 2 N–H and O–H groups in total. The highest BCUT2D eigenvalue weighted by atomic mass is 35.7. The van der Waals surface area contributed by atoms with E-state index in [0.29, 0.717) is 0 Å². The number of hydrogen-bond donors (Lipinski definition) is 2. The lowest BCUT2D eigenvalue weighted by Gasteiger charge is -2.17. The molecule has 0 bridgehead atoms. The highest BCUT2D eigenvalue weighted by Crippen LogP contribution is 2.25. The van der Waals surface area contributed by atoms with Crippen molar-refractivity contribution in [2.24, 2.45) is 0 Å². The molecule has 0 amide bonds. The van der Waals surface area contributed by atoms with Crippen LogP contribution < -0.4 is 57.0 Å². The lowest BCUT2D eigenvalue weighted by Crippen LogP contribution is -2.68. The Hall–Kier alpha value is -4.44. The summed E-state index contributed by atoms with van der Waals surface area (Å²) in [7, 11) is -9.89. The van der Waals surface area contributed by atoms with Crippen molar-refractivity contribution in [3.05, 3.63) is 144 Å². The summed E-state index contributed by atoms with van der Waals surface area (Å²) < 4.78 is 73.0. The molecule has 12 nitrogen and oxygen atoms in total. The average molecular weight is 836 g/mol. The van der Waals surface area contributed by atoms with Crippen molar-refractivity contribution in [1.82, 2.24) is 0 Å². The smallest absolute Gasteiger partial charge is 0.214 e. The number of rotatable bonds is 17. The molecule has 6 rings (SSSR count). The first-order valence-electron chi connectivity index (χ1n) is 19.3. The molecule has 0 fully saturated rings. The number of aromatic nitrogens is 2. The van der Waals surface area contributed by atoms with E-state index in [1.807, 2.05) is 0 Å². The molecule has 4 aromatic carbocycles. The number of pyridine rings is 2. The highest BCUT2D eigenvalue weighted by molar-refractivity contribution is 5.90. The van der Waals surface area contributed by atoms with E-state index in [2.05, 4.69) is 155 Å². The number of para-hydroxylation sites is 2. The number of benzene rings is 4. The summed E-state index contributed by atoms with van der Waals surface area (Å²) in [4.78, 5) is 0. The maximum atomic E-state index is 8.49. The third kappa shape index (κ3) is 16.8. The second kappa shape index (κ2) is 23.2. The number of anilines is 2. The first-order valence-corrected chi connectivity index (χ1v) is 21.8. The van der Waals surface area contributed by atoms with Crippen LogP contribution in [0.4, 0.5) is 11.4 Å². The number of nitrogens with one attached hydrogen (secondary N) is 2. The van der Waals surface area contributed by atoms with E-state index in [0.717, 1.165) is 26.2 Å². The predicted molar refractivity (Wildman–Crippen MR) is 202 cm³/mol. The predicted octanol–water partition coefficient (Wildman–Crippen LogP) is 0.718. The fraction of sp³-hybridized carbons (Fsp3) is 0.318. The van der Waals surface area contributed by atoms with Gasteiger partial charge in [0, 0.05) is 64.0 Å². The summed E-state index contributed by atoms with van der Waals surface area (Å²) in [6.45, 7) is 8.33. The van der Waals surface area contributed by atoms with E-state index in [1.54, 1.807) is 0 Å². The molecule has 0 saturated heterocycles. The monoisotopic (exact) mass is 834 g/mol. The standard InChI is InChI=1S/C44H50N4.2ClHO4/c1-35-31-41(45-33-37-21-11-9-12-22-37)39-25-15-17-27-43(39)47(35)29-19-7-5-3-4-6-8-20-30-48-36(2)32-42(40-26-16-18-28-44(40)48)46-34-38-23-13-10-14-24-38;2*2-1(3,4)5/h9-18,21-28,31-32H,3-8,19-20,29-30,33-34H2,1-2H3;2*(H,2,3,4,5). The first-order chi connectivity index (χ1) is 27.7. The van der Waals surface area contributed by atoms with Crippen molar-refractivity contribution in [2.45, 2.75) is 91.4 Å². The molecule has 0 aliphatic heterocycles. The fourth-order valence-corrected chi connectivity index (χ4v) is 7.06. The minimum Gasteiger partial charge on any atom is -0.380 e. The molecule has 0 spiro atoms. The van der Waals surface area contributed by atoms with Crippen LogP contribution in [0.3, 0.4) is 0 Å². The minimum atomic E-state index is -4.94. The molecule has 6 aromatic rings. The second-order valence-electron chi connectivity index (χ2n) is 14.0. The molecule has 0 unspecified atom stereocenters. The molecule has 2 heterocycles. The largest absolute Gasteiger partial charge is 0.380 e. The van der Waals surface area contributed by atoms with Gasteiger partial charge in [0.2, 0.25) is 11.0 Å². The van der Waals surface area contributed by atoms with Gasteiger partial charge < -0.3 is 10.6 Å². The summed E-state index contributed by atoms with van der Waals surface area (Å²) >= 11 is 0. The number of nitrogens with zero attached hydrogens (tertiary/aromatic N) is 2. The third-order valence-corrected chi connectivity index (χ3v) is 9.69. The Kier molecular flexibility index (Phi) is 18.5. The second-order valence-corrected chi connectivity index (χ2v) is 15.5. The van der Waals surface area contributed by atoms with Crippen LogP contribution in [0.15, 0.2) is 121 Å². The third-order valence-electron chi connectivity index (χ3n) is 9.69. The Bertz CT molecular complexity index is 1970. The van der Waals surface area contributed by atoms with Crippen LogP contribution in [-0.4, -0.2) is 0 Å². The van der Waals surface area contributed by atoms with Crippen molar-refractivity contribution in [3.63, 3.8) is 0 Å². The van der Waals surface area contributed by atoms with Crippen molar-refractivity contribution in [2.75, 3.05) is 10.6 Å². The van der Waals surface area contributed by atoms with E-state index < -0.39 is 20.5 Å². The van der Waals surface area contributed by atoms with Crippen LogP contribution >= 0.6 is 0 Å². The molecule has 0 atom stereocenters. The molecule has 0 radical (unpaired) electrons. The Morgan fingerprint density at radius 3 is 1.05 bits per heavy atom. The van der Waals surface area contributed by atoms with E-state index in [-0.39, 0.29) is 0 Å². The zero-order valence-corrected chi connectivity index (χ0v) is 34.5. The number of aryl methyl sites for hydroxylation is 4. The van der Waals surface area contributed by atoms with Gasteiger partial charge in [0.25, 0.3) is 0 Å². The highest BCUT2D eigenvalue weighted by Gasteiger charge is 2.18. The minimum absolute atomic E-state index is 0.837. The van der Waals surface area contributed by atoms with Gasteiger partial charge >= 0.3 is 0 Å². The molecule has 0 saturated carbocycles. The molecule has 310 valence electrons. The number of unbranched alkanes of at least 4 members (excludes halogenated alkanes) is 7. The lowest BCUT2D eigenvalue weighted by molar-refractivity contribution is -2.00. The van der Waals surface area contributed by atoms with Crippen molar-refractivity contribution < 1.29 is 66.9 Å². The van der Waals surface area contributed by atoms with Gasteiger partial charge in [0.15, 0.2) is 11.4 Å². The zero-order chi connectivity index (χ0) is 42.0. The first kappa shape index (κ1) is 46.3. The van der Waals surface area contributed by atoms with Crippen molar-refractivity contribution in [3.8, 4) is 0 Å². The Morgan fingerprint density at radius 1 is 0.414 bits per heavy atom. The quantitative estimate of drug-likeness (QED) is 0.0970. The molecule has 2 aromatic heterocycles. The molecular weight excluding hydrogens is 783 g/mol. The summed E-state index contributed by atoms with van der Waals surface area (Å²) in [5.74, 6) is 0. The van der Waals surface area contributed by atoms with Crippen LogP contribution in [0.1, 0.15) is 73.9 Å². The Balaban J connectivity index is 0.000000665. The van der Waals surface area contributed by atoms with Crippen LogP contribution in [-0.2, 0) is 26.2 Å². The number of hydrogen-bond acceptors (Lipinski definition) is 10. The van der Waals surface area contributed by atoms with Gasteiger partial charge in [-0.1, -0.05) is 111 Å². The zero-order valence-electron chi connectivity index (χ0n) is 32.9. The summed E-state index contributed by atoms with van der Waals surface area (Å²) in [6, 6.07) is 43.6. The fourth-order valence-electron chi connectivity index (χ4n) is 7.06. The molecule has 58 heavy (non-hydrogen) atoms. The normalized spacial score (nSPS) is 11.4. The maximum absolute atomic E-state index is 8.49. The molecular formula is C44H52Cl2N4O8. The summed E-state index contributed by atoms with van der Waals surface area (Å²) in [5, 5.41) is 9.99. The number of halogens is 2. The van der Waals surface area contributed by atoms with Crippen molar-refractivity contribution >= 4 is 33.2 Å². The van der Waals surface area contributed by atoms with E-state index >= 15 is 0 Å². The van der Waals surface area contributed by atoms with E-state index in [4.69, 9.17) is 37.3 Å². The van der Waals surface area contributed by atoms with Gasteiger partial charge in [-0.3, -0.25) is 0 Å². The van der Waals surface area contributed by atoms with Crippen LogP contribution in [0.2, 0.25) is 0 Å². The van der Waals surface area contributed by atoms with Crippen LogP contribution in [0.5, 0.6) is 0 Å². The van der Waals surface area contributed by atoms with Gasteiger partial charge in [-0.25, -0.2) is 37.3 Å². The molecule has 14 heteroatoms. The van der Waals surface area contributed by atoms with Crippen LogP contribution in [0, 0.1) is 34.3 Å². The van der Waals surface area contributed by atoms with E-state index in [9.17, 15) is 0 Å². The maximum Gasteiger partial charge on any atom is 0.214 e. The van der Waals surface area contributed by atoms with Gasteiger partial charge in [0.05, 0.1) is 22.1 Å². The molecule has 0 aliphatic carbocycles. The van der Waals surface area contributed by atoms with Gasteiger partial charge in [0.1, 0.15) is 13.1 Å². The SMILES string of the molecule is Cc1cc(NCc2ccccc2)c2ccccc2[n+]1CCCCCCCCCC[n+]1c(C)cc(NCc2ccccc2)c2ccccc21.[O-][Cl+3]([O-])([O-])[O-].[O-][Cl+3]([O-])([O-])[O-]. The lowest BCUT2D eigenvalue weighted by atomic mass is 10.1. The summed E-state index contributed by atoms with van der Waals surface area (Å²) in [5.41, 5.74) is 10.3. The Labute approximate surface area is 344 Å².